The second-order valence-corrected chi connectivity index (χ2v) is 7.47. The Morgan fingerprint density at radius 3 is 2.40 bits per heavy atom. The monoisotopic (exact) mass is 415 g/mol. The van der Waals surface area contributed by atoms with Crippen LogP contribution in [-0.4, -0.2) is 6.54 Å². The molecule has 0 radical (unpaired) electrons. The van der Waals surface area contributed by atoms with E-state index in [4.69, 9.17) is 0 Å². The second kappa shape index (κ2) is 7.21. The molecule has 0 spiro atoms. The lowest BCUT2D eigenvalue weighted by Gasteiger charge is -2.21. The highest BCUT2D eigenvalue weighted by Gasteiger charge is 2.19. The number of aryl methyl sites for hydroxylation is 2. The third-order valence-electron chi connectivity index (χ3n) is 3.39. The van der Waals surface area contributed by atoms with Crippen LogP contribution in [0.25, 0.3) is 0 Å². The van der Waals surface area contributed by atoms with E-state index in [9.17, 15) is 0 Å². The van der Waals surface area contributed by atoms with Crippen LogP contribution in [0.5, 0.6) is 0 Å². The zero-order valence-electron chi connectivity index (χ0n) is 12.0. The largest absolute Gasteiger partial charge is 0.306 e. The number of hydrogen-bond acceptors (Lipinski definition) is 2. The first-order valence-corrected chi connectivity index (χ1v) is 9.29. The number of thiophene rings is 1. The molecule has 0 saturated carbocycles. The van der Waals surface area contributed by atoms with Crippen LogP contribution in [0, 0.1) is 13.8 Å². The lowest BCUT2D eigenvalue weighted by Crippen LogP contribution is -2.23. The molecule has 108 valence electrons. The van der Waals surface area contributed by atoms with Crippen molar-refractivity contribution < 1.29 is 0 Å². The Morgan fingerprint density at radius 1 is 1.05 bits per heavy atom. The van der Waals surface area contributed by atoms with Crippen LogP contribution in [-0.2, 0) is 0 Å². The Morgan fingerprint density at radius 2 is 1.80 bits per heavy atom. The summed E-state index contributed by atoms with van der Waals surface area (Å²) in [6, 6.07) is 4.65. The summed E-state index contributed by atoms with van der Waals surface area (Å²) in [5, 5.41) is 8.14. The SMILES string of the molecule is CCCNC(c1cscc1C)c1cc(Br)c(C)cc1Br. The summed E-state index contributed by atoms with van der Waals surface area (Å²) in [6.07, 6.45) is 1.13. The van der Waals surface area contributed by atoms with E-state index in [1.54, 1.807) is 11.3 Å². The molecule has 1 aromatic carbocycles. The van der Waals surface area contributed by atoms with Gasteiger partial charge in [0.05, 0.1) is 6.04 Å². The second-order valence-electron chi connectivity index (χ2n) is 5.02. The Hall–Kier alpha value is -0.160. The van der Waals surface area contributed by atoms with Crippen molar-refractivity contribution in [1.29, 1.82) is 0 Å². The minimum atomic E-state index is 0.243. The maximum absolute atomic E-state index is 3.73. The Kier molecular flexibility index (Phi) is 5.84. The Labute approximate surface area is 142 Å². The van der Waals surface area contributed by atoms with Crippen LogP contribution in [0.4, 0.5) is 0 Å². The average Bonchev–Trinajstić information content (AvgIpc) is 2.82. The molecule has 1 unspecified atom stereocenters. The summed E-state index contributed by atoms with van der Waals surface area (Å²) >= 11 is 9.15. The fourth-order valence-corrected chi connectivity index (χ4v) is 4.15. The first-order chi connectivity index (χ1) is 9.54. The van der Waals surface area contributed by atoms with Crippen molar-refractivity contribution >= 4 is 43.2 Å². The van der Waals surface area contributed by atoms with Crippen LogP contribution in [0.1, 0.15) is 41.6 Å². The van der Waals surface area contributed by atoms with Gasteiger partial charge < -0.3 is 5.32 Å². The van der Waals surface area contributed by atoms with Crippen molar-refractivity contribution in [1.82, 2.24) is 5.32 Å². The molecule has 2 rings (SSSR count). The maximum atomic E-state index is 3.73. The molecule has 1 N–H and O–H groups in total. The van der Waals surface area contributed by atoms with Crippen molar-refractivity contribution in [2.75, 3.05) is 6.54 Å². The lowest BCUT2D eigenvalue weighted by atomic mass is 9.97. The number of rotatable bonds is 5. The summed E-state index contributed by atoms with van der Waals surface area (Å²) in [5.41, 5.74) is 5.27. The molecule has 0 saturated heterocycles. The number of hydrogen-bond donors (Lipinski definition) is 1. The molecule has 1 aromatic heterocycles. The summed E-state index contributed by atoms with van der Waals surface area (Å²) in [4.78, 5) is 0. The highest BCUT2D eigenvalue weighted by atomic mass is 79.9. The number of halogens is 2. The molecule has 0 aliphatic heterocycles. The van der Waals surface area contributed by atoms with Gasteiger partial charge in [0, 0.05) is 8.95 Å². The van der Waals surface area contributed by atoms with Crippen LogP contribution < -0.4 is 5.32 Å². The molecule has 1 heterocycles. The van der Waals surface area contributed by atoms with Gasteiger partial charge in [-0.3, -0.25) is 0 Å². The maximum Gasteiger partial charge on any atom is 0.0599 e. The number of nitrogens with one attached hydrogen (secondary N) is 1. The summed E-state index contributed by atoms with van der Waals surface area (Å²) in [5.74, 6) is 0. The molecule has 0 aliphatic carbocycles. The lowest BCUT2D eigenvalue weighted by molar-refractivity contribution is 0.596. The highest BCUT2D eigenvalue weighted by molar-refractivity contribution is 9.11. The van der Waals surface area contributed by atoms with Crippen molar-refractivity contribution in [3.05, 3.63) is 54.1 Å². The molecule has 2 aromatic rings. The predicted octanol–water partition coefficient (Wildman–Crippen LogP) is 5.98. The average molecular weight is 417 g/mol. The zero-order chi connectivity index (χ0) is 14.7. The minimum Gasteiger partial charge on any atom is -0.306 e. The van der Waals surface area contributed by atoms with E-state index in [1.807, 2.05) is 0 Å². The molecule has 1 atom stereocenters. The third kappa shape index (κ3) is 3.53. The molecule has 0 fully saturated rings. The van der Waals surface area contributed by atoms with Crippen molar-refractivity contribution in [2.45, 2.75) is 33.2 Å². The first kappa shape index (κ1) is 16.2. The van der Waals surface area contributed by atoms with Gasteiger partial charge in [-0.05, 0) is 72.0 Å². The van der Waals surface area contributed by atoms with Crippen LogP contribution >= 0.6 is 43.2 Å². The van der Waals surface area contributed by atoms with E-state index in [0.29, 0.717) is 0 Å². The molecule has 4 heteroatoms. The van der Waals surface area contributed by atoms with Crippen LogP contribution in [0.2, 0.25) is 0 Å². The third-order valence-corrected chi connectivity index (χ3v) is 5.81. The van der Waals surface area contributed by atoms with Crippen molar-refractivity contribution in [3.63, 3.8) is 0 Å². The molecular weight excluding hydrogens is 398 g/mol. The molecule has 1 nitrogen and oxygen atoms in total. The molecular formula is C16H19Br2NS. The fraction of sp³-hybridized carbons (Fsp3) is 0.375. The van der Waals surface area contributed by atoms with Crippen LogP contribution in [0.3, 0.4) is 0 Å². The van der Waals surface area contributed by atoms with E-state index in [-0.39, 0.29) is 6.04 Å². The number of benzene rings is 1. The predicted molar refractivity (Wildman–Crippen MR) is 95.8 cm³/mol. The van der Waals surface area contributed by atoms with E-state index >= 15 is 0 Å². The van der Waals surface area contributed by atoms with Gasteiger partial charge in [-0.25, -0.2) is 0 Å². The van der Waals surface area contributed by atoms with Gasteiger partial charge in [0.15, 0.2) is 0 Å². The van der Waals surface area contributed by atoms with Gasteiger partial charge >= 0.3 is 0 Å². The van der Waals surface area contributed by atoms with Gasteiger partial charge in [-0.15, -0.1) is 0 Å². The van der Waals surface area contributed by atoms with Crippen molar-refractivity contribution in [2.24, 2.45) is 0 Å². The zero-order valence-corrected chi connectivity index (χ0v) is 16.0. The van der Waals surface area contributed by atoms with Gasteiger partial charge in [-0.1, -0.05) is 38.8 Å². The quantitative estimate of drug-likeness (QED) is 0.632. The van der Waals surface area contributed by atoms with E-state index in [1.165, 1.54) is 22.3 Å². The van der Waals surface area contributed by atoms with E-state index in [0.717, 1.165) is 21.9 Å². The highest BCUT2D eigenvalue weighted by Crippen LogP contribution is 2.35. The molecule has 0 aliphatic rings. The van der Waals surface area contributed by atoms with Crippen LogP contribution in [0.15, 0.2) is 31.8 Å². The molecule has 0 amide bonds. The Balaban J connectivity index is 2.46. The standard InChI is InChI=1S/C16H19Br2NS/c1-4-5-19-16(13-9-20-8-11(13)3)12-7-14(17)10(2)6-15(12)18/h6-9,16,19H,4-5H2,1-3H3. The van der Waals surface area contributed by atoms with Gasteiger partial charge in [0.1, 0.15) is 0 Å². The smallest absolute Gasteiger partial charge is 0.0599 e. The van der Waals surface area contributed by atoms with Gasteiger partial charge in [-0.2, -0.15) is 11.3 Å². The minimum absolute atomic E-state index is 0.243. The summed E-state index contributed by atoms with van der Waals surface area (Å²) in [6.45, 7) is 7.51. The van der Waals surface area contributed by atoms with Gasteiger partial charge in [0.25, 0.3) is 0 Å². The summed E-state index contributed by atoms with van der Waals surface area (Å²) in [7, 11) is 0. The van der Waals surface area contributed by atoms with Gasteiger partial charge in [0.2, 0.25) is 0 Å². The first-order valence-electron chi connectivity index (χ1n) is 6.76. The molecule has 0 bridgehead atoms. The van der Waals surface area contributed by atoms with E-state index in [2.05, 4.69) is 80.8 Å². The topological polar surface area (TPSA) is 12.0 Å². The molecule has 20 heavy (non-hydrogen) atoms. The van der Waals surface area contributed by atoms with E-state index < -0.39 is 0 Å². The Bertz CT molecular complexity index is 592. The van der Waals surface area contributed by atoms with Crippen molar-refractivity contribution in [3.8, 4) is 0 Å². The summed E-state index contributed by atoms with van der Waals surface area (Å²) < 4.78 is 2.32. The normalized spacial score (nSPS) is 12.7. The fourth-order valence-electron chi connectivity index (χ4n) is 2.23.